The molecule has 0 amide bonds. The van der Waals surface area contributed by atoms with E-state index in [0.717, 1.165) is 0 Å². The molecule has 0 saturated heterocycles. The zero-order valence-electron chi connectivity index (χ0n) is 21.9. The first-order valence-electron chi connectivity index (χ1n) is 12.1. The van der Waals surface area contributed by atoms with Crippen LogP contribution in [0.2, 0.25) is 5.02 Å². The number of halogens is 1. The van der Waals surface area contributed by atoms with Crippen molar-refractivity contribution in [3.05, 3.63) is 57.4 Å². The molecule has 0 saturated carbocycles. The van der Waals surface area contributed by atoms with Gasteiger partial charge in [-0.1, -0.05) is 29.8 Å². The summed E-state index contributed by atoms with van der Waals surface area (Å²) in [4.78, 5) is 45.3. The van der Waals surface area contributed by atoms with Crippen LogP contribution in [0.5, 0.6) is 0 Å². The van der Waals surface area contributed by atoms with Gasteiger partial charge in [0.15, 0.2) is 0 Å². The molecule has 0 radical (unpaired) electrons. The van der Waals surface area contributed by atoms with Crippen molar-refractivity contribution in [2.75, 3.05) is 33.5 Å². The van der Waals surface area contributed by atoms with Crippen LogP contribution in [0, 0.1) is 0 Å². The number of esters is 2. The number of aliphatic carboxylic acids is 2. The third kappa shape index (κ3) is 10.2. The van der Waals surface area contributed by atoms with E-state index in [4.69, 9.17) is 36.0 Å². The van der Waals surface area contributed by atoms with Gasteiger partial charge in [0.05, 0.1) is 56.2 Å². The van der Waals surface area contributed by atoms with Crippen molar-refractivity contribution in [1.29, 1.82) is 0 Å². The fourth-order valence-corrected chi connectivity index (χ4v) is 3.93. The zero-order valence-corrected chi connectivity index (χ0v) is 22.6. The third-order valence-electron chi connectivity index (χ3n) is 5.33. The van der Waals surface area contributed by atoms with Gasteiger partial charge < -0.3 is 35.5 Å². The summed E-state index contributed by atoms with van der Waals surface area (Å²) in [5.41, 5.74) is 6.05. The molecule has 0 spiro atoms. The Balaban J connectivity index is 0.000000612. The van der Waals surface area contributed by atoms with Crippen LogP contribution in [0.1, 0.15) is 51.0 Å². The Hall–Kier alpha value is -3.41. The first-order valence-corrected chi connectivity index (χ1v) is 12.5. The van der Waals surface area contributed by atoms with Crippen molar-refractivity contribution in [1.82, 2.24) is 5.32 Å². The van der Waals surface area contributed by atoms with Gasteiger partial charge in [-0.2, -0.15) is 0 Å². The number of carbonyl (C=O) groups is 4. The molecule has 12 heteroatoms. The Morgan fingerprint density at radius 1 is 1.03 bits per heavy atom. The summed E-state index contributed by atoms with van der Waals surface area (Å²) in [7, 11) is 1.30. The second-order valence-electron chi connectivity index (χ2n) is 8.12. The monoisotopic (exact) mass is 555 g/mol. The van der Waals surface area contributed by atoms with Gasteiger partial charge in [-0.15, -0.1) is 0 Å². The van der Waals surface area contributed by atoms with E-state index in [1.165, 1.54) is 7.11 Å². The Morgan fingerprint density at radius 3 is 2.13 bits per heavy atom. The number of hydrogen-bond donors (Lipinski definition) is 4. The lowest BCUT2D eigenvalue weighted by Gasteiger charge is -2.31. The summed E-state index contributed by atoms with van der Waals surface area (Å²) >= 11 is 6.43. The lowest BCUT2D eigenvalue weighted by Crippen LogP contribution is -2.52. The molecular weight excluding hydrogens is 520 g/mol. The predicted octanol–water partition coefficient (Wildman–Crippen LogP) is 2.27. The molecule has 1 aromatic rings. The fraction of sp³-hybridized carbons (Fsp3) is 0.462. The van der Waals surface area contributed by atoms with E-state index in [0.29, 0.717) is 53.5 Å². The normalized spacial score (nSPS) is 14.7. The molecule has 0 fully saturated rings. The molecule has 0 aromatic heterocycles. The highest BCUT2D eigenvalue weighted by molar-refractivity contribution is 6.31. The number of carboxylic acid groups (broad SMARTS) is 2. The summed E-state index contributed by atoms with van der Waals surface area (Å²) in [5.74, 6) is -3.56. The minimum absolute atomic E-state index is 0.0628. The molecule has 0 aliphatic carbocycles. The second-order valence-corrected chi connectivity index (χ2v) is 8.53. The number of dihydropyridines is 1. The van der Waals surface area contributed by atoms with Gasteiger partial charge in [-0.25, -0.2) is 9.59 Å². The van der Waals surface area contributed by atoms with Gasteiger partial charge in [0.1, 0.15) is 0 Å². The summed E-state index contributed by atoms with van der Waals surface area (Å²) in [5, 5.41) is 19.8. The van der Waals surface area contributed by atoms with Crippen molar-refractivity contribution < 1.29 is 49.3 Å². The standard InChI is InChI=1S/C20H25ClN2O5.C6H10O4/c1-4-28-20(25)18-15(11-27-10-9-22)23-12(2)16(19(24)26-3)17(18)13-7-5-6-8-14(13)21;7-5(8)3-1-2-4-6(9)10/h5-8,17,23H,4,9-11,22H2,1-3H3;1-4H2,(H,7,8)(H,9,10)/p+1. The lowest BCUT2D eigenvalue weighted by molar-refractivity contribution is -0.373. The number of ether oxygens (including phenoxy) is 3. The van der Waals surface area contributed by atoms with Crippen LogP contribution >= 0.6 is 11.6 Å². The van der Waals surface area contributed by atoms with E-state index in [1.807, 2.05) is 0 Å². The second kappa shape index (κ2) is 17.2. The van der Waals surface area contributed by atoms with E-state index in [1.54, 1.807) is 38.1 Å². The Labute approximate surface area is 226 Å². The van der Waals surface area contributed by atoms with Gasteiger partial charge in [0, 0.05) is 23.6 Å². The van der Waals surface area contributed by atoms with Crippen LogP contribution in [0.3, 0.4) is 0 Å². The van der Waals surface area contributed by atoms with Crippen molar-refractivity contribution in [3.8, 4) is 0 Å². The molecule has 1 unspecified atom stereocenters. The van der Waals surface area contributed by atoms with Crippen LogP contribution in [0.4, 0.5) is 0 Å². The maximum absolute atomic E-state index is 12.9. The Bertz CT molecular complexity index is 1040. The van der Waals surface area contributed by atoms with Gasteiger partial charge in [-0.05, 0) is 38.3 Å². The summed E-state index contributed by atoms with van der Waals surface area (Å²) in [6.45, 7) is 4.85. The van der Waals surface area contributed by atoms with Crippen molar-refractivity contribution in [3.63, 3.8) is 0 Å². The smallest absolute Gasteiger partial charge is 0.336 e. The third-order valence-corrected chi connectivity index (χ3v) is 5.67. The van der Waals surface area contributed by atoms with Gasteiger partial charge in [-0.3, -0.25) is 9.59 Å². The molecule has 1 aliphatic rings. The zero-order chi connectivity index (χ0) is 28.7. The number of unbranched alkanes of at least 4 members (excludes halogenated alkanes) is 1. The number of carboxylic acids is 2. The summed E-state index contributed by atoms with van der Waals surface area (Å²) < 4.78 is 15.9. The van der Waals surface area contributed by atoms with E-state index >= 15 is 0 Å². The number of nitrogens with one attached hydrogen (secondary N) is 1. The average Bonchev–Trinajstić information content (AvgIpc) is 2.86. The minimum atomic E-state index is -0.870. The highest BCUT2D eigenvalue weighted by Gasteiger charge is 2.39. The van der Waals surface area contributed by atoms with Crippen LogP contribution in [-0.2, 0) is 33.4 Å². The van der Waals surface area contributed by atoms with Crippen molar-refractivity contribution >= 4 is 35.5 Å². The highest BCUT2D eigenvalue weighted by Crippen LogP contribution is 2.41. The van der Waals surface area contributed by atoms with E-state index in [2.05, 4.69) is 11.1 Å². The largest absolute Gasteiger partial charge is 0.481 e. The van der Waals surface area contributed by atoms with E-state index < -0.39 is 29.8 Å². The summed E-state index contributed by atoms with van der Waals surface area (Å²) in [6.07, 6.45) is 1.02. The number of allylic oxidation sites excluding steroid dienone is 1. The molecular formula is C26H36ClN2O9+. The van der Waals surface area contributed by atoms with Crippen LogP contribution in [0.25, 0.3) is 0 Å². The molecule has 1 aromatic carbocycles. The summed E-state index contributed by atoms with van der Waals surface area (Å²) in [6, 6.07) is 7.08. The van der Waals surface area contributed by atoms with E-state index in [-0.39, 0.29) is 31.6 Å². The highest BCUT2D eigenvalue weighted by atomic mass is 35.5. The molecule has 6 N–H and O–H groups in total. The molecule has 38 heavy (non-hydrogen) atoms. The van der Waals surface area contributed by atoms with Gasteiger partial charge >= 0.3 is 23.9 Å². The minimum Gasteiger partial charge on any atom is -0.481 e. The Morgan fingerprint density at radius 2 is 1.63 bits per heavy atom. The number of methoxy groups -OCH3 is 1. The average molecular weight is 556 g/mol. The first kappa shape index (κ1) is 32.6. The lowest BCUT2D eigenvalue weighted by atomic mass is 9.80. The fourth-order valence-electron chi connectivity index (χ4n) is 3.69. The number of rotatable bonds is 13. The van der Waals surface area contributed by atoms with Gasteiger partial charge in [0.2, 0.25) is 0 Å². The van der Waals surface area contributed by atoms with Crippen LogP contribution < -0.4 is 11.1 Å². The number of quaternary nitrogens is 1. The SMILES string of the molecule is CCOC(=O)C1=C(COCC[NH3+])NC(C)=C(C(=O)OC)C1c1ccccc1Cl.O=C(O)CCCCC(=O)O. The number of carbonyl (C=O) groups excluding carboxylic acids is 2. The quantitative estimate of drug-likeness (QED) is 0.208. The Kier molecular flexibility index (Phi) is 14.7. The van der Waals surface area contributed by atoms with Crippen LogP contribution in [-0.4, -0.2) is 67.6 Å². The molecule has 2 rings (SSSR count). The molecule has 0 bridgehead atoms. The number of benzene rings is 1. The predicted molar refractivity (Wildman–Crippen MR) is 138 cm³/mol. The molecule has 11 nitrogen and oxygen atoms in total. The molecule has 1 heterocycles. The molecule has 210 valence electrons. The maximum atomic E-state index is 12.9. The number of hydrogen-bond acceptors (Lipinski definition) is 8. The maximum Gasteiger partial charge on any atom is 0.336 e. The topological polar surface area (TPSA) is 176 Å². The first-order chi connectivity index (χ1) is 18.1. The molecule has 1 aliphatic heterocycles. The van der Waals surface area contributed by atoms with Gasteiger partial charge in [0.25, 0.3) is 0 Å². The van der Waals surface area contributed by atoms with Crippen molar-refractivity contribution in [2.24, 2.45) is 0 Å². The van der Waals surface area contributed by atoms with Crippen LogP contribution in [0.15, 0.2) is 46.8 Å². The van der Waals surface area contributed by atoms with Crippen molar-refractivity contribution in [2.45, 2.75) is 45.4 Å². The van der Waals surface area contributed by atoms with E-state index in [9.17, 15) is 19.2 Å². The molecule has 1 atom stereocenters.